The molecule has 1 aliphatic heterocycles. The summed E-state index contributed by atoms with van der Waals surface area (Å²) in [6.07, 6.45) is 3.64. The Morgan fingerprint density at radius 1 is 1.13 bits per heavy atom. The molecule has 0 atom stereocenters. The van der Waals surface area contributed by atoms with Crippen LogP contribution in [-0.4, -0.2) is 52.0 Å². The zero-order valence-electron chi connectivity index (χ0n) is 16.2. The minimum absolute atomic E-state index is 0.0857. The van der Waals surface area contributed by atoms with E-state index in [4.69, 9.17) is 11.6 Å². The Morgan fingerprint density at radius 2 is 1.87 bits per heavy atom. The molecule has 3 heterocycles. The second-order valence-electron chi connectivity index (χ2n) is 6.75. The van der Waals surface area contributed by atoms with Crippen molar-refractivity contribution < 1.29 is 9.59 Å². The first-order chi connectivity index (χ1) is 14.5. The van der Waals surface area contributed by atoms with Gasteiger partial charge in [0, 0.05) is 37.6 Å². The SMILES string of the molecule is CNC(=O)c1ccc(Nc2cc(Cl)ncc2-c2nnc(C(=O)N3CCCC3)s2)cc1. The number of pyridine rings is 1. The van der Waals surface area contributed by atoms with Crippen molar-refractivity contribution in [2.75, 3.05) is 25.5 Å². The smallest absolute Gasteiger partial charge is 0.284 e. The second kappa shape index (κ2) is 8.76. The Kier molecular flexibility index (Phi) is 5.91. The number of nitrogens with one attached hydrogen (secondary N) is 2. The quantitative estimate of drug-likeness (QED) is 0.585. The molecule has 4 rings (SSSR count). The number of amides is 2. The first kappa shape index (κ1) is 20.2. The fourth-order valence-corrected chi connectivity index (χ4v) is 4.18. The summed E-state index contributed by atoms with van der Waals surface area (Å²) in [5, 5.41) is 15.4. The van der Waals surface area contributed by atoms with Crippen LogP contribution in [0.3, 0.4) is 0 Å². The maximum Gasteiger partial charge on any atom is 0.284 e. The fraction of sp³-hybridized carbons (Fsp3) is 0.250. The number of likely N-dealkylation sites (tertiary alicyclic amines) is 1. The number of rotatable bonds is 5. The summed E-state index contributed by atoms with van der Waals surface area (Å²) in [4.78, 5) is 30.3. The van der Waals surface area contributed by atoms with Crippen LogP contribution in [0.2, 0.25) is 5.15 Å². The van der Waals surface area contributed by atoms with Crippen molar-refractivity contribution in [2.24, 2.45) is 0 Å². The van der Waals surface area contributed by atoms with E-state index in [-0.39, 0.29) is 11.8 Å². The maximum atomic E-state index is 12.6. The number of halogens is 1. The van der Waals surface area contributed by atoms with Gasteiger partial charge in [-0.15, -0.1) is 10.2 Å². The van der Waals surface area contributed by atoms with Gasteiger partial charge < -0.3 is 15.5 Å². The number of hydrogen-bond acceptors (Lipinski definition) is 7. The molecule has 1 aromatic carbocycles. The summed E-state index contributed by atoms with van der Waals surface area (Å²) >= 11 is 7.33. The fourth-order valence-electron chi connectivity index (χ4n) is 3.18. The normalized spacial score (nSPS) is 13.3. The molecule has 0 aliphatic carbocycles. The van der Waals surface area contributed by atoms with Gasteiger partial charge in [-0.05, 0) is 43.2 Å². The molecule has 2 N–H and O–H groups in total. The summed E-state index contributed by atoms with van der Waals surface area (Å²) in [6.45, 7) is 1.52. The van der Waals surface area contributed by atoms with Gasteiger partial charge in [0.05, 0.1) is 11.3 Å². The van der Waals surface area contributed by atoms with Gasteiger partial charge >= 0.3 is 0 Å². The summed E-state index contributed by atoms with van der Waals surface area (Å²) in [5.74, 6) is -0.240. The molecule has 30 heavy (non-hydrogen) atoms. The lowest BCUT2D eigenvalue weighted by Crippen LogP contribution is -2.27. The van der Waals surface area contributed by atoms with Crippen molar-refractivity contribution in [1.82, 2.24) is 25.4 Å². The second-order valence-corrected chi connectivity index (χ2v) is 8.11. The van der Waals surface area contributed by atoms with Gasteiger partial charge in [0.2, 0.25) is 5.01 Å². The topological polar surface area (TPSA) is 100 Å². The van der Waals surface area contributed by atoms with Gasteiger partial charge in [-0.3, -0.25) is 9.59 Å². The van der Waals surface area contributed by atoms with Crippen LogP contribution in [0.25, 0.3) is 10.6 Å². The van der Waals surface area contributed by atoms with E-state index in [9.17, 15) is 9.59 Å². The zero-order chi connectivity index (χ0) is 21.1. The van der Waals surface area contributed by atoms with E-state index in [1.54, 1.807) is 48.5 Å². The van der Waals surface area contributed by atoms with Gasteiger partial charge in [-0.25, -0.2) is 4.98 Å². The molecule has 0 unspecified atom stereocenters. The van der Waals surface area contributed by atoms with Crippen molar-refractivity contribution in [3.05, 3.63) is 52.3 Å². The third kappa shape index (κ3) is 4.27. The van der Waals surface area contributed by atoms with E-state index >= 15 is 0 Å². The summed E-state index contributed by atoms with van der Waals surface area (Å²) in [5.41, 5.74) is 2.70. The summed E-state index contributed by atoms with van der Waals surface area (Å²) in [7, 11) is 1.59. The number of carbonyl (C=O) groups is 2. The number of aromatic nitrogens is 3. The number of anilines is 2. The standard InChI is InChI=1S/C20H19ClN6O2S/c1-22-17(28)12-4-6-13(7-5-12)24-15-10-16(21)23-11-14(15)18-25-26-19(30-18)20(29)27-8-2-3-9-27/h4-7,10-11H,2-3,8-9H2,1H3,(H,22,28)(H,23,24). The zero-order valence-corrected chi connectivity index (χ0v) is 17.8. The van der Waals surface area contributed by atoms with Crippen LogP contribution in [0, 0.1) is 0 Å². The van der Waals surface area contributed by atoms with E-state index in [0.29, 0.717) is 32.0 Å². The van der Waals surface area contributed by atoms with Crippen LogP contribution in [-0.2, 0) is 0 Å². The molecule has 2 aromatic heterocycles. The largest absolute Gasteiger partial charge is 0.355 e. The highest BCUT2D eigenvalue weighted by Gasteiger charge is 2.24. The Balaban J connectivity index is 1.59. The average molecular weight is 443 g/mol. The predicted octanol–water partition coefficient (Wildman–Crippen LogP) is 3.59. The maximum absolute atomic E-state index is 12.6. The first-order valence-corrected chi connectivity index (χ1v) is 10.6. The van der Waals surface area contributed by atoms with Crippen LogP contribution >= 0.6 is 22.9 Å². The lowest BCUT2D eigenvalue weighted by atomic mass is 10.2. The highest BCUT2D eigenvalue weighted by atomic mass is 35.5. The number of carbonyl (C=O) groups excluding carboxylic acids is 2. The van der Waals surface area contributed by atoms with Gasteiger partial charge in [0.15, 0.2) is 5.01 Å². The summed E-state index contributed by atoms with van der Waals surface area (Å²) < 4.78 is 0. The van der Waals surface area contributed by atoms with Crippen molar-refractivity contribution in [3.8, 4) is 10.6 Å². The van der Waals surface area contributed by atoms with Crippen molar-refractivity contribution in [3.63, 3.8) is 0 Å². The molecule has 1 saturated heterocycles. The van der Waals surface area contributed by atoms with E-state index < -0.39 is 0 Å². The van der Waals surface area contributed by atoms with Crippen molar-refractivity contribution in [2.45, 2.75) is 12.8 Å². The van der Waals surface area contributed by atoms with Crippen LogP contribution in [0.1, 0.15) is 33.0 Å². The van der Waals surface area contributed by atoms with Crippen molar-refractivity contribution in [1.29, 1.82) is 0 Å². The summed E-state index contributed by atoms with van der Waals surface area (Å²) in [6, 6.07) is 8.73. The molecule has 0 bridgehead atoms. The predicted molar refractivity (Wildman–Crippen MR) is 116 cm³/mol. The molecule has 0 saturated carbocycles. The van der Waals surface area contributed by atoms with Crippen LogP contribution in [0.15, 0.2) is 36.5 Å². The van der Waals surface area contributed by atoms with Crippen LogP contribution < -0.4 is 10.6 Å². The monoisotopic (exact) mass is 442 g/mol. The Bertz CT molecular complexity index is 1080. The van der Waals surface area contributed by atoms with E-state index in [1.807, 2.05) is 0 Å². The third-order valence-electron chi connectivity index (χ3n) is 4.76. The van der Waals surface area contributed by atoms with Gasteiger partial charge in [0.25, 0.3) is 11.8 Å². The average Bonchev–Trinajstić information content (AvgIpc) is 3.46. The van der Waals surface area contributed by atoms with E-state index in [2.05, 4.69) is 25.8 Å². The molecule has 0 radical (unpaired) electrons. The molecule has 10 heteroatoms. The highest BCUT2D eigenvalue weighted by Crippen LogP contribution is 2.33. The van der Waals surface area contributed by atoms with Crippen molar-refractivity contribution >= 4 is 46.1 Å². The number of benzene rings is 1. The molecule has 1 fully saturated rings. The van der Waals surface area contributed by atoms with E-state index in [0.717, 1.165) is 31.6 Å². The third-order valence-corrected chi connectivity index (χ3v) is 5.91. The molecule has 8 nitrogen and oxygen atoms in total. The Labute approximate surface area is 182 Å². The van der Waals surface area contributed by atoms with E-state index in [1.165, 1.54) is 11.3 Å². The molecule has 1 aliphatic rings. The highest BCUT2D eigenvalue weighted by molar-refractivity contribution is 7.16. The minimum atomic E-state index is -0.154. The van der Waals surface area contributed by atoms with Gasteiger partial charge in [-0.2, -0.15) is 0 Å². The Morgan fingerprint density at radius 3 is 2.57 bits per heavy atom. The molecule has 154 valence electrons. The minimum Gasteiger partial charge on any atom is -0.355 e. The first-order valence-electron chi connectivity index (χ1n) is 9.43. The number of nitrogens with zero attached hydrogens (tertiary/aromatic N) is 4. The lowest BCUT2D eigenvalue weighted by molar-refractivity contribution is 0.0791. The molecule has 2 amide bonds. The molecule has 3 aromatic rings. The Hall–Kier alpha value is -3.04. The molecular formula is C20H19ClN6O2S. The molecular weight excluding hydrogens is 424 g/mol. The van der Waals surface area contributed by atoms with Gasteiger partial charge in [-0.1, -0.05) is 22.9 Å². The van der Waals surface area contributed by atoms with Crippen LogP contribution in [0.5, 0.6) is 0 Å². The molecule has 0 spiro atoms. The lowest BCUT2D eigenvalue weighted by Gasteiger charge is -2.12. The number of hydrogen-bond donors (Lipinski definition) is 2. The van der Waals surface area contributed by atoms with Crippen LogP contribution in [0.4, 0.5) is 11.4 Å². The van der Waals surface area contributed by atoms with Gasteiger partial charge in [0.1, 0.15) is 5.15 Å².